The van der Waals surface area contributed by atoms with Gasteiger partial charge in [-0.15, -0.1) is 0 Å². The molecule has 0 amide bonds. The summed E-state index contributed by atoms with van der Waals surface area (Å²) in [6, 6.07) is 0.352. The molecule has 5 nitrogen and oxygen atoms in total. The first-order valence-corrected chi connectivity index (χ1v) is 6.21. The van der Waals surface area contributed by atoms with Crippen molar-refractivity contribution in [2.24, 2.45) is 0 Å². The number of hydrogen-bond acceptors (Lipinski definition) is 4. The Bertz CT molecular complexity index is 584. The zero-order valence-electron chi connectivity index (χ0n) is 9.08. The third-order valence-electron chi connectivity index (χ3n) is 3.66. The van der Waals surface area contributed by atoms with Gasteiger partial charge in [0.1, 0.15) is 17.9 Å². The Morgan fingerprint density at radius 1 is 1.29 bits per heavy atom. The highest BCUT2D eigenvalue weighted by Crippen LogP contribution is 2.44. The molecule has 3 heterocycles. The standard InChI is InChI=1S/C11H11ClN4O/c12-10-8-11(14-4-13-10)16(5-15-8)6-2-1-3-7-9(6)17-7/h4-7,9H,1-3H2. The van der Waals surface area contributed by atoms with Crippen molar-refractivity contribution in [1.82, 2.24) is 19.5 Å². The maximum Gasteiger partial charge on any atom is 0.165 e. The normalized spacial score (nSPS) is 31.5. The summed E-state index contributed by atoms with van der Waals surface area (Å²) in [7, 11) is 0. The molecule has 88 valence electrons. The van der Waals surface area contributed by atoms with Crippen molar-refractivity contribution in [2.75, 3.05) is 0 Å². The van der Waals surface area contributed by atoms with Gasteiger partial charge in [0.25, 0.3) is 0 Å². The molecule has 2 aromatic heterocycles. The molecule has 0 spiro atoms. The van der Waals surface area contributed by atoms with Crippen molar-refractivity contribution < 1.29 is 4.74 Å². The highest BCUT2D eigenvalue weighted by Gasteiger charge is 2.48. The van der Waals surface area contributed by atoms with Crippen molar-refractivity contribution in [3.8, 4) is 0 Å². The van der Waals surface area contributed by atoms with Gasteiger partial charge >= 0.3 is 0 Å². The van der Waals surface area contributed by atoms with Gasteiger partial charge < -0.3 is 9.30 Å². The van der Waals surface area contributed by atoms with Gasteiger partial charge in [-0.3, -0.25) is 0 Å². The molecule has 1 saturated carbocycles. The van der Waals surface area contributed by atoms with Crippen molar-refractivity contribution in [3.63, 3.8) is 0 Å². The van der Waals surface area contributed by atoms with Crippen LogP contribution in [-0.4, -0.2) is 31.7 Å². The zero-order chi connectivity index (χ0) is 11.4. The molecular weight excluding hydrogens is 240 g/mol. The first-order chi connectivity index (χ1) is 8.34. The molecule has 3 unspecified atom stereocenters. The zero-order valence-corrected chi connectivity index (χ0v) is 9.84. The summed E-state index contributed by atoms with van der Waals surface area (Å²) in [6.45, 7) is 0. The second-order valence-corrected chi connectivity index (χ2v) is 4.98. The average Bonchev–Trinajstić information content (AvgIpc) is 3.01. The van der Waals surface area contributed by atoms with Crippen LogP contribution in [0, 0.1) is 0 Å². The summed E-state index contributed by atoms with van der Waals surface area (Å²) in [5, 5.41) is 0.415. The van der Waals surface area contributed by atoms with Crippen molar-refractivity contribution in [1.29, 1.82) is 0 Å². The van der Waals surface area contributed by atoms with Crippen LogP contribution in [0.4, 0.5) is 0 Å². The molecule has 2 aliphatic rings. The summed E-state index contributed by atoms with van der Waals surface area (Å²) in [5.74, 6) is 0. The minimum atomic E-state index is 0.342. The molecular formula is C11H11ClN4O. The van der Waals surface area contributed by atoms with E-state index in [1.807, 2.05) is 0 Å². The highest BCUT2D eigenvalue weighted by atomic mass is 35.5. The van der Waals surface area contributed by atoms with Crippen molar-refractivity contribution >= 4 is 22.8 Å². The van der Waals surface area contributed by atoms with Gasteiger partial charge in [-0.1, -0.05) is 11.6 Å². The number of fused-ring (bicyclic) bond motifs is 2. The maximum atomic E-state index is 6.00. The van der Waals surface area contributed by atoms with Crippen LogP contribution in [0.2, 0.25) is 5.15 Å². The molecule has 4 rings (SSSR count). The first kappa shape index (κ1) is 9.79. The molecule has 3 atom stereocenters. The van der Waals surface area contributed by atoms with Crippen LogP contribution >= 0.6 is 11.6 Å². The van der Waals surface area contributed by atoms with Crippen LogP contribution in [0.15, 0.2) is 12.7 Å². The van der Waals surface area contributed by atoms with E-state index >= 15 is 0 Å². The Kier molecular flexibility index (Phi) is 1.96. The van der Waals surface area contributed by atoms with Gasteiger partial charge in [0.05, 0.1) is 18.5 Å². The Morgan fingerprint density at radius 2 is 2.24 bits per heavy atom. The Balaban J connectivity index is 1.83. The third-order valence-corrected chi connectivity index (χ3v) is 3.94. The molecule has 2 aromatic rings. The predicted octanol–water partition coefficient (Wildman–Crippen LogP) is 1.97. The molecule has 1 saturated heterocycles. The lowest BCUT2D eigenvalue weighted by atomic mass is 9.95. The molecule has 1 aliphatic heterocycles. The fourth-order valence-electron chi connectivity index (χ4n) is 2.78. The third kappa shape index (κ3) is 1.39. The number of halogens is 1. The van der Waals surface area contributed by atoms with Crippen LogP contribution in [0.3, 0.4) is 0 Å². The topological polar surface area (TPSA) is 56.1 Å². The van der Waals surface area contributed by atoms with Crippen LogP contribution in [0.1, 0.15) is 25.3 Å². The van der Waals surface area contributed by atoms with Gasteiger partial charge in [0.15, 0.2) is 10.8 Å². The van der Waals surface area contributed by atoms with Crippen LogP contribution in [0.25, 0.3) is 11.2 Å². The Morgan fingerprint density at radius 3 is 3.18 bits per heavy atom. The van der Waals surface area contributed by atoms with Gasteiger partial charge in [-0.05, 0) is 19.3 Å². The first-order valence-electron chi connectivity index (χ1n) is 5.83. The van der Waals surface area contributed by atoms with Crippen LogP contribution < -0.4 is 0 Å². The smallest absolute Gasteiger partial charge is 0.165 e. The van der Waals surface area contributed by atoms with E-state index in [4.69, 9.17) is 16.3 Å². The number of ether oxygens (including phenoxy) is 1. The van der Waals surface area contributed by atoms with E-state index in [1.165, 1.54) is 19.2 Å². The molecule has 0 bridgehead atoms. The Labute approximate surface area is 103 Å². The molecule has 2 fully saturated rings. The van der Waals surface area contributed by atoms with E-state index in [9.17, 15) is 0 Å². The van der Waals surface area contributed by atoms with E-state index in [-0.39, 0.29) is 0 Å². The molecule has 17 heavy (non-hydrogen) atoms. The molecule has 0 N–H and O–H groups in total. The Hall–Kier alpha value is -1.20. The SMILES string of the molecule is Clc1ncnc2c1ncn2C1CCCC2OC21. The minimum Gasteiger partial charge on any atom is -0.367 e. The monoisotopic (exact) mass is 250 g/mol. The number of nitrogens with zero attached hydrogens (tertiary/aromatic N) is 4. The summed E-state index contributed by atoms with van der Waals surface area (Å²) >= 11 is 6.00. The van der Waals surface area contributed by atoms with Gasteiger partial charge in [0, 0.05) is 0 Å². The largest absolute Gasteiger partial charge is 0.367 e. The summed E-state index contributed by atoms with van der Waals surface area (Å²) < 4.78 is 7.76. The second-order valence-electron chi connectivity index (χ2n) is 4.63. The number of imidazole rings is 1. The lowest BCUT2D eigenvalue weighted by Gasteiger charge is -2.19. The lowest BCUT2D eigenvalue weighted by molar-refractivity contribution is 0.322. The molecule has 0 radical (unpaired) electrons. The van der Waals surface area contributed by atoms with E-state index in [0.717, 1.165) is 12.1 Å². The quantitative estimate of drug-likeness (QED) is 0.574. The van der Waals surface area contributed by atoms with E-state index in [0.29, 0.717) is 28.9 Å². The van der Waals surface area contributed by atoms with Gasteiger partial charge in [-0.2, -0.15) is 0 Å². The number of epoxide rings is 1. The van der Waals surface area contributed by atoms with Crippen molar-refractivity contribution in [3.05, 3.63) is 17.8 Å². The summed E-state index contributed by atoms with van der Waals surface area (Å²) in [4.78, 5) is 12.5. The molecule has 1 aliphatic carbocycles. The average molecular weight is 251 g/mol. The van der Waals surface area contributed by atoms with E-state index in [2.05, 4.69) is 19.5 Å². The molecule has 6 heteroatoms. The fourth-order valence-corrected chi connectivity index (χ4v) is 2.96. The minimum absolute atomic E-state index is 0.342. The number of rotatable bonds is 1. The highest BCUT2D eigenvalue weighted by molar-refractivity contribution is 6.33. The number of aromatic nitrogens is 4. The lowest BCUT2D eigenvalue weighted by Crippen LogP contribution is -2.20. The van der Waals surface area contributed by atoms with E-state index < -0.39 is 0 Å². The van der Waals surface area contributed by atoms with Crippen molar-refractivity contribution in [2.45, 2.75) is 37.5 Å². The number of hydrogen-bond donors (Lipinski definition) is 0. The van der Waals surface area contributed by atoms with Gasteiger partial charge in [-0.25, -0.2) is 15.0 Å². The summed E-state index contributed by atoms with van der Waals surface area (Å²) in [6.07, 6.45) is 7.58. The second kappa shape index (κ2) is 3.40. The van der Waals surface area contributed by atoms with Crippen LogP contribution in [0.5, 0.6) is 0 Å². The maximum absolute atomic E-state index is 6.00. The fraction of sp³-hybridized carbons (Fsp3) is 0.545. The van der Waals surface area contributed by atoms with Crippen LogP contribution in [-0.2, 0) is 4.74 Å². The van der Waals surface area contributed by atoms with E-state index in [1.54, 1.807) is 6.33 Å². The van der Waals surface area contributed by atoms with Gasteiger partial charge in [0.2, 0.25) is 0 Å². The molecule has 0 aromatic carbocycles. The summed E-state index contributed by atoms with van der Waals surface area (Å²) in [5.41, 5.74) is 1.49. The predicted molar refractivity (Wildman–Crippen MR) is 61.9 cm³/mol.